The van der Waals surface area contributed by atoms with Gasteiger partial charge in [0.05, 0.1) is 57.1 Å². The fraction of sp³-hybridized carbons (Fsp3) is 0.820. The van der Waals surface area contributed by atoms with Crippen molar-refractivity contribution in [1.82, 2.24) is 15.1 Å². The summed E-state index contributed by atoms with van der Waals surface area (Å²) in [5, 5.41) is 50.3. The maximum absolute atomic E-state index is 14.4. The number of non-ortho nitro benzene ring substituents is 1. The molecule has 0 aromatic heterocycles. The van der Waals surface area contributed by atoms with Gasteiger partial charge in [-0.05, 0) is 106 Å². The fourth-order valence-corrected chi connectivity index (χ4v) is 12.0. The second-order valence-electron chi connectivity index (χ2n) is 21.4. The van der Waals surface area contributed by atoms with Gasteiger partial charge >= 0.3 is 5.97 Å². The monoisotopic (exact) mass is 1010 g/mol. The van der Waals surface area contributed by atoms with Crippen molar-refractivity contribution in [1.29, 1.82) is 0 Å². The van der Waals surface area contributed by atoms with Gasteiger partial charge in [-0.25, -0.2) is 8.42 Å². The summed E-state index contributed by atoms with van der Waals surface area (Å²) in [6, 6.07) is 4.32. The lowest BCUT2D eigenvalue weighted by atomic mass is 9.77. The molecule has 3 fully saturated rings. The van der Waals surface area contributed by atoms with E-state index in [0.717, 1.165) is 0 Å². The van der Waals surface area contributed by atoms with Crippen molar-refractivity contribution in [2.24, 2.45) is 23.5 Å². The zero-order valence-electron chi connectivity index (χ0n) is 44.0. The molecule has 1 aromatic carbocycles. The number of nitrogens with two attached hydrogens (primary N) is 1. The molecule has 19 nitrogen and oxygen atoms in total. The highest BCUT2D eigenvalue weighted by molar-refractivity contribution is 7.91. The zero-order chi connectivity index (χ0) is 52.5. The largest absolute Gasteiger partial charge is 0.459 e. The van der Waals surface area contributed by atoms with Gasteiger partial charge in [-0.15, -0.1) is 0 Å². The molecule has 1 aromatic rings. The third-order valence-corrected chi connectivity index (χ3v) is 16.7. The Kier molecular flexibility index (Phi) is 21.5. The maximum atomic E-state index is 14.4. The second kappa shape index (κ2) is 25.3. The lowest BCUT2D eigenvalue weighted by molar-refractivity contribution is -0.384. The maximum Gasteiger partial charge on any atom is 0.311 e. The van der Waals surface area contributed by atoms with Crippen LogP contribution in [-0.2, 0) is 43.1 Å². The topological polar surface area (TPSA) is 255 Å². The molecule has 3 heterocycles. The molecule has 3 saturated heterocycles. The number of nitrogens with one attached hydrogen (secondary N) is 1. The average molecular weight is 1010 g/mol. The van der Waals surface area contributed by atoms with Crippen LogP contribution in [-0.4, -0.2) is 169 Å². The number of carbonyl (C=O) groups is 1. The van der Waals surface area contributed by atoms with Crippen LogP contribution in [0.3, 0.4) is 0 Å². The highest BCUT2D eigenvalue weighted by Crippen LogP contribution is 2.40. The second-order valence-corrected chi connectivity index (χ2v) is 23.5. The summed E-state index contributed by atoms with van der Waals surface area (Å²) in [7, 11) is 1.91. The number of carbonyl (C=O) groups excluding carboxylic acids is 1. The third kappa shape index (κ3) is 16.0. The summed E-state index contributed by atoms with van der Waals surface area (Å²) in [6.45, 7) is 19.8. The van der Waals surface area contributed by atoms with E-state index in [-0.39, 0.29) is 53.3 Å². The van der Waals surface area contributed by atoms with E-state index in [4.69, 9.17) is 34.2 Å². The predicted molar refractivity (Wildman–Crippen MR) is 265 cm³/mol. The molecule has 1 unspecified atom stereocenters. The molecule has 0 spiro atoms. The number of hydrogen-bond acceptors (Lipinski definition) is 18. The number of likely N-dealkylation sites (N-methyl/N-ethyl adjacent to an activating group) is 1. The van der Waals surface area contributed by atoms with Gasteiger partial charge in [-0.1, -0.05) is 20.8 Å². The molecule has 3 aliphatic heterocycles. The van der Waals surface area contributed by atoms with Crippen molar-refractivity contribution in [2.45, 2.75) is 204 Å². The van der Waals surface area contributed by atoms with Gasteiger partial charge in [0.1, 0.15) is 17.8 Å². The molecule has 0 bridgehead atoms. The Morgan fingerprint density at radius 3 is 2.27 bits per heavy atom. The molecule has 0 amide bonds. The minimum atomic E-state index is -3.62. The van der Waals surface area contributed by atoms with Crippen molar-refractivity contribution in [3.8, 4) is 0 Å². The van der Waals surface area contributed by atoms with Crippen molar-refractivity contribution in [3.63, 3.8) is 0 Å². The third-order valence-electron chi connectivity index (χ3n) is 14.9. The Morgan fingerprint density at radius 2 is 1.66 bits per heavy atom. The van der Waals surface area contributed by atoms with E-state index in [0.29, 0.717) is 63.9 Å². The standard InChI is InChI=1S/C50H87N5O14S/c1-14-41-50(10,59)45(56)36(7)54(12)30-31(2)26-49(9,58)46(34(5)44(35(6)47(57)67-41)68-43-28-48(8,64-13)27-33(4)66-43)69-42-25-39(24-32(3)65-42)53(11)22-20-37(51)29-52-21-15-23-70(62,63)40-18-16-38(17-19-40)55(60)61/h16-19,29,31-36,39,41-46,52,56,58-59H,14-15,20-28,30,51H2,1-13H3/b37-29-/t31-,32-,33+,34+,35-,36-,39+,41-,42+,43?,44+,45-,46-,48+,49-,50-/m1/s1. The lowest BCUT2D eigenvalue weighted by Gasteiger charge is -2.47. The van der Waals surface area contributed by atoms with Gasteiger partial charge < -0.3 is 64.6 Å². The van der Waals surface area contributed by atoms with Crippen LogP contribution in [0.5, 0.6) is 0 Å². The molecule has 0 saturated carbocycles. The van der Waals surface area contributed by atoms with Crippen molar-refractivity contribution >= 4 is 21.5 Å². The van der Waals surface area contributed by atoms with E-state index in [9.17, 15) is 38.6 Å². The van der Waals surface area contributed by atoms with Gasteiger partial charge in [-0.3, -0.25) is 14.9 Å². The molecule has 16 atom stereocenters. The van der Waals surface area contributed by atoms with Crippen molar-refractivity contribution < 1.29 is 61.9 Å². The Morgan fingerprint density at radius 1 is 1.01 bits per heavy atom. The minimum absolute atomic E-state index is 0.00528. The number of hydrogen-bond donors (Lipinski definition) is 5. The number of rotatable bonds is 17. The normalized spacial score (nSPS) is 38.1. The highest BCUT2D eigenvalue weighted by atomic mass is 32.2. The van der Waals surface area contributed by atoms with Gasteiger partial charge in [0.2, 0.25) is 0 Å². The molecule has 70 heavy (non-hydrogen) atoms. The number of nitro benzene ring substituents is 1. The number of aliphatic hydroxyl groups is 3. The summed E-state index contributed by atoms with van der Waals surface area (Å²) in [5.74, 6) is -2.52. The number of nitrogens with zero attached hydrogens (tertiary/aromatic N) is 3. The van der Waals surface area contributed by atoms with E-state index in [2.05, 4.69) is 10.2 Å². The zero-order valence-corrected chi connectivity index (χ0v) is 44.9. The smallest absolute Gasteiger partial charge is 0.311 e. The number of esters is 1. The quantitative estimate of drug-likeness (QED) is 0.0603. The molecule has 4 rings (SSSR count). The van der Waals surface area contributed by atoms with Crippen LogP contribution in [0.4, 0.5) is 5.69 Å². The van der Waals surface area contributed by atoms with Gasteiger partial charge in [0, 0.05) is 94.5 Å². The van der Waals surface area contributed by atoms with Crippen LogP contribution < -0.4 is 11.1 Å². The van der Waals surface area contributed by atoms with Crippen LogP contribution >= 0.6 is 0 Å². The minimum Gasteiger partial charge on any atom is -0.459 e. The van der Waals surface area contributed by atoms with Crippen LogP contribution in [0, 0.1) is 27.9 Å². The summed E-state index contributed by atoms with van der Waals surface area (Å²) in [4.78, 5) is 29.0. The fourth-order valence-electron chi connectivity index (χ4n) is 10.7. The number of benzene rings is 1. The SMILES string of the molecule is CC[C@H]1OC(=O)[C@H](C)[C@@H](OC2C[C@@](C)(OC)C[C@H](C)O2)[C@H](C)[C@@H](O[C@H]2C[C@@H](N(C)CC/C(N)=C/NCCCS(=O)(=O)c3ccc([N+](=O)[O-])cc3)C[C@@H](C)O2)[C@](C)(O)C[C@@H](C)CN(C)[C@H](C)[C@@H](O)[C@]1(C)O. The van der Waals surface area contributed by atoms with E-state index in [1.807, 2.05) is 60.5 Å². The predicted octanol–water partition coefficient (Wildman–Crippen LogP) is 4.88. The molecular formula is C50H87N5O14S. The van der Waals surface area contributed by atoms with Gasteiger partial charge in [-0.2, -0.15) is 0 Å². The van der Waals surface area contributed by atoms with Crippen LogP contribution in [0.25, 0.3) is 0 Å². The molecule has 0 aliphatic carbocycles. The summed E-state index contributed by atoms with van der Waals surface area (Å²) < 4.78 is 64.4. The first-order valence-electron chi connectivity index (χ1n) is 25.1. The first-order chi connectivity index (χ1) is 32.5. The van der Waals surface area contributed by atoms with E-state index >= 15 is 0 Å². The van der Waals surface area contributed by atoms with Crippen molar-refractivity contribution in [3.05, 3.63) is 46.3 Å². The Labute approximate surface area is 417 Å². The number of ether oxygens (including phenoxy) is 6. The Hall–Kier alpha value is -3.02. The average Bonchev–Trinajstić information content (AvgIpc) is 3.28. The Bertz CT molecular complexity index is 1980. The lowest BCUT2D eigenvalue weighted by Crippen LogP contribution is -2.59. The number of aliphatic hydroxyl groups excluding tert-OH is 1. The molecule has 6 N–H and O–H groups in total. The number of sulfone groups is 1. The molecule has 0 radical (unpaired) electrons. The van der Waals surface area contributed by atoms with Gasteiger partial charge in [0.15, 0.2) is 22.4 Å². The van der Waals surface area contributed by atoms with E-state index in [1.165, 1.54) is 31.2 Å². The van der Waals surface area contributed by atoms with Crippen molar-refractivity contribution in [2.75, 3.05) is 46.6 Å². The van der Waals surface area contributed by atoms with Crippen LogP contribution in [0.2, 0.25) is 0 Å². The molecule has 20 heteroatoms. The number of methoxy groups -OCH3 is 1. The summed E-state index contributed by atoms with van der Waals surface area (Å²) in [5.41, 5.74) is 2.94. The molecular weight excluding hydrogens is 927 g/mol. The van der Waals surface area contributed by atoms with Gasteiger partial charge in [0.25, 0.3) is 5.69 Å². The number of cyclic esters (lactones) is 1. The summed E-state index contributed by atoms with van der Waals surface area (Å²) in [6.07, 6.45) is -0.982. The van der Waals surface area contributed by atoms with Crippen LogP contribution in [0.15, 0.2) is 41.1 Å². The van der Waals surface area contributed by atoms with Crippen LogP contribution in [0.1, 0.15) is 121 Å². The first kappa shape index (κ1) is 59.5. The molecule has 402 valence electrons. The van der Waals surface area contributed by atoms with E-state index in [1.54, 1.807) is 34.1 Å². The number of nitro groups is 1. The molecule has 3 aliphatic rings. The first-order valence-corrected chi connectivity index (χ1v) is 26.7. The highest BCUT2D eigenvalue weighted by Gasteiger charge is 2.51. The Balaban J connectivity index is 1.55. The summed E-state index contributed by atoms with van der Waals surface area (Å²) >= 11 is 0. The van der Waals surface area contributed by atoms with E-state index < -0.39 is 92.4 Å².